The van der Waals surface area contributed by atoms with Crippen LogP contribution in [0.1, 0.15) is 59.3 Å². The van der Waals surface area contributed by atoms with E-state index in [2.05, 4.69) is 20.8 Å². The summed E-state index contributed by atoms with van der Waals surface area (Å²) in [7, 11) is 0. The molecule has 3 rings (SSSR count). The molecular weight excluding hydrogens is 170 g/mol. The predicted molar refractivity (Wildman–Crippen MR) is 61.1 cm³/mol. The van der Waals surface area contributed by atoms with Gasteiger partial charge in [0.1, 0.15) is 0 Å². The average Bonchev–Trinajstić information content (AvgIpc) is 2.14. The van der Waals surface area contributed by atoms with Gasteiger partial charge >= 0.3 is 0 Å². The minimum atomic E-state index is 0.189. The normalized spacial score (nSPS) is 44.6. The zero-order valence-electron chi connectivity index (χ0n) is 9.97. The lowest BCUT2D eigenvalue weighted by atomic mass is 9.43. The number of unbranched alkanes of at least 4 members (excludes halogenated alkanes) is 1. The Morgan fingerprint density at radius 1 is 1.36 bits per heavy atom. The molecule has 3 saturated carbocycles. The third kappa shape index (κ3) is 1.32. The van der Waals surface area contributed by atoms with E-state index >= 15 is 0 Å². The van der Waals surface area contributed by atoms with Crippen molar-refractivity contribution in [1.82, 2.24) is 0 Å². The highest BCUT2D eigenvalue weighted by Gasteiger charge is 2.59. The molecule has 0 heterocycles. The predicted octanol–water partition coefficient (Wildman–Crippen LogP) is 3.33. The zero-order valence-corrected chi connectivity index (χ0v) is 9.97. The Kier molecular flexibility index (Phi) is 2.42. The standard InChI is InChI=1S/C13H25N/c1-4-5-7-13(14)8-6-10-9-11(13)12(10,2)3/h10-11H,4-9,14H2,1-3H3/t10-,11+,13+/m0/s1. The van der Waals surface area contributed by atoms with Crippen molar-refractivity contribution >= 4 is 0 Å². The number of fused-ring (bicyclic) bond motifs is 2. The number of hydrogen-bond donors (Lipinski definition) is 1. The summed E-state index contributed by atoms with van der Waals surface area (Å²) in [5.41, 5.74) is 7.33. The van der Waals surface area contributed by atoms with Crippen molar-refractivity contribution in [2.75, 3.05) is 0 Å². The first-order valence-corrected chi connectivity index (χ1v) is 6.29. The van der Waals surface area contributed by atoms with E-state index in [1.807, 2.05) is 0 Å². The second-order valence-corrected chi connectivity index (χ2v) is 6.18. The van der Waals surface area contributed by atoms with E-state index in [4.69, 9.17) is 5.73 Å². The molecule has 2 bridgehead atoms. The van der Waals surface area contributed by atoms with Gasteiger partial charge in [-0.15, -0.1) is 0 Å². The highest BCUT2D eigenvalue weighted by atomic mass is 14.8. The lowest BCUT2D eigenvalue weighted by molar-refractivity contribution is -0.119. The van der Waals surface area contributed by atoms with Gasteiger partial charge in [-0.3, -0.25) is 0 Å². The Balaban J connectivity index is 2.05. The molecule has 0 aromatic heterocycles. The summed E-state index contributed by atoms with van der Waals surface area (Å²) >= 11 is 0. The van der Waals surface area contributed by atoms with Gasteiger partial charge in [0.05, 0.1) is 0 Å². The van der Waals surface area contributed by atoms with Gasteiger partial charge in [-0.25, -0.2) is 0 Å². The summed E-state index contributed by atoms with van der Waals surface area (Å²) in [5, 5.41) is 0. The van der Waals surface area contributed by atoms with Crippen molar-refractivity contribution < 1.29 is 0 Å². The van der Waals surface area contributed by atoms with Crippen molar-refractivity contribution in [3.63, 3.8) is 0 Å². The maximum absolute atomic E-state index is 6.60. The molecule has 82 valence electrons. The van der Waals surface area contributed by atoms with Crippen molar-refractivity contribution in [2.24, 2.45) is 23.0 Å². The van der Waals surface area contributed by atoms with Gasteiger partial charge in [0.25, 0.3) is 0 Å². The Morgan fingerprint density at radius 3 is 2.57 bits per heavy atom. The van der Waals surface area contributed by atoms with Gasteiger partial charge < -0.3 is 5.73 Å². The van der Waals surface area contributed by atoms with Gasteiger partial charge in [0, 0.05) is 5.54 Å². The Morgan fingerprint density at radius 2 is 2.07 bits per heavy atom. The Hall–Kier alpha value is -0.0400. The quantitative estimate of drug-likeness (QED) is 0.734. The molecular formula is C13H25N. The van der Waals surface area contributed by atoms with E-state index in [0.717, 1.165) is 11.8 Å². The molecule has 1 heteroatoms. The fraction of sp³-hybridized carbons (Fsp3) is 1.00. The largest absolute Gasteiger partial charge is 0.325 e. The minimum absolute atomic E-state index is 0.189. The van der Waals surface area contributed by atoms with Crippen molar-refractivity contribution in [3.05, 3.63) is 0 Å². The number of rotatable bonds is 3. The summed E-state index contributed by atoms with van der Waals surface area (Å²) < 4.78 is 0. The molecule has 0 aromatic rings. The highest BCUT2D eigenvalue weighted by Crippen LogP contribution is 2.62. The fourth-order valence-corrected chi connectivity index (χ4v) is 3.90. The molecule has 0 spiro atoms. The molecule has 3 fully saturated rings. The summed E-state index contributed by atoms with van der Waals surface area (Å²) in [6.07, 6.45) is 7.93. The van der Waals surface area contributed by atoms with Crippen LogP contribution in [0.4, 0.5) is 0 Å². The molecule has 14 heavy (non-hydrogen) atoms. The third-order valence-corrected chi connectivity index (χ3v) is 5.12. The minimum Gasteiger partial charge on any atom is -0.325 e. The van der Waals surface area contributed by atoms with E-state index in [0.29, 0.717) is 5.41 Å². The SMILES string of the molecule is CCCC[C@@]1(N)CC[C@H]2C[C@@H]1C2(C)C. The fourth-order valence-electron chi connectivity index (χ4n) is 3.90. The molecule has 0 unspecified atom stereocenters. The molecule has 2 N–H and O–H groups in total. The first-order chi connectivity index (χ1) is 6.50. The van der Waals surface area contributed by atoms with Crippen LogP contribution in [0.5, 0.6) is 0 Å². The van der Waals surface area contributed by atoms with E-state index in [1.165, 1.54) is 38.5 Å². The lowest BCUT2D eigenvalue weighted by Gasteiger charge is -2.64. The first kappa shape index (κ1) is 10.5. The molecule has 1 nitrogen and oxygen atoms in total. The van der Waals surface area contributed by atoms with E-state index in [9.17, 15) is 0 Å². The van der Waals surface area contributed by atoms with Crippen molar-refractivity contribution in [3.8, 4) is 0 Å². The van der Waals surface area contributed by atoms with Crippen LogP contribution in [0.25, 0.3) is 0 Å². The van der Waals surface area contributed by atoms with Crippen LogP contribution >= 0.6 is 0 Å². The van der Waals surface area contributed by atoms with Crippen LogP contribution in [-0.2, 0) is 0 Å². The van der Waals surface area contributed by atoms with Crippen LogP contribution < -0.4 is 5.73 Å². The van der Waals surface area contributed by atoms with Crippen molar-refractivity contribution in [1.29, 1.82) is 0 Å². The van der Waals surface area contributed by atoms with Gasteiger partial charge in [0.15, 0.2) is 0 Å². The first-order valence-electron chi connectivity index (χ1n) is 6.29. The maximum atomic E-state index is 6.60. The molecule has 0 aliphatic heterocycles. The van der Waals surface area contributed by atoms with Gasteiger partial charge in [-0.05, 0) is 42.9 Å². The Labute approximate surface area is 88.4 Å². The Bertz CT molecular complexity index is 219. The topological polar surface area (TPSA) is 26.0 Å². The monoisotopic (exact) mass is 195 g/mol. The molecule has 3 aliphatic rings. The number of hydrogen-bond acceptors (Lipinski definition) is 1. The number of nitrogens with two attached hydrogens (primary N) is 1. The van der Waals surface area contributed by atoms with Crippen LogP contribution in [0.3, 0.4) is 0 Å². The second kappa shape index (κ2) is 3.23. The molecule has 0 saturated heterocycles. The molecule has 3 aliphatic carbocycles. The lowest BCUT2D eigenvalue weighted by Crippen LogP contribution is -2.65. The van der Waals surface area contributed by atoms with E-state index < -0.39 is 0 Å². The van der Waals surface area contributed by atoms with Gasteiger partial charge in [0.2, 0.25) is 0 Å². The highest BCUT2D eigenvalue weighted by molar-refractivity contribution is 5.12. The molecule has 0 amide bonds. The van der Waals surface area contributed by atoms with Crippen molar-refractivity contribution in [2.45, 2.75) is 64.8 Å². The molecule has 0 aromatic carbocycles. The van der Waals surface area contributed by atoms with Gasteiger partial charge in [-0.2, -0.15) is 0 Å². The summed E-state index contributed by atoms with van der Waals surface area (Å²) in [6, 6.07) is 0. The smallest absolute Gasteiger partial charge is 0.0188 e. The summed E-state index contributed by atoms with van der Waals surface area (Å²) in [5.74, 6) is 1.78. The summed E-state index contributed by atoms with van der Waals surface area (Å²) in [4.78, 5) is 0. The third-order valence-electron chi connectivity index (χ3n) is 5.12. The van der Waals surface area contributed by atoms with Crippen LogP contribution in [0.2, 0.25) is 0 Å². The maximum Gasteiger partial charge on any atom is 0.0188 e. The second-order valence-electron chi connectivity index (χ2n) is 6.18. The molecule has 0 radical (unpaired) electrons. The van der Waals surface area contributed by atoms with E-state index in [1.54, 1.807) is 0 Å². The van der Waals surface area contributed by atoms with Crippen LogP contribution in [0.15, 0.2) is 0 Å². The summed E-state index contributed by atoms with van der Waals surface area (Å²) in [6.45, 7) is 7.12. The molecule has 3 atom stereocenters. The van der Waals surface area contributed by atoms with Crippen LogP contribution in [-0.4, -0.2) is 5.54 Å². The van der Waals surface area contributed by atoms with Crippen LogP contribution in [0, 0.1) is 17.3 Å². The van der Waals surface area contributed by atoms with E-state index in [-0.39, 0.29) is 5.54 Å². The average molecular weight is 195 g/mol. The van der Waals surface area contributed by atoms with Gasteiger partial charge in [-0.1, -0.05) is 33.6 Å². The zero-order chi connectivity index (χ0) is 10.4.